The van der Waals surface area contributed by atoms with Crippen LogP contribution in [-0.2, 0) is 16.6 Å². The molecule has 1 aliphatic heterocycles. The highest BCUT2D eigenvalue weighted by molar-refractivity contribution is 7.14. The van der Waals surface area contributed by atoms with Crippen LogP contribution < -0.4 is 11.1 Å². The maximum absolute atomic E-state index is 15.2. The van der Waals surface area contributed by atoms with Crippen molar-refractivity contribution in [2.45, 2.75) is 51.5 Å². The molecule has 4 N–H and O–H groups in total. The molecule has 49 heavy (non-hydrogen) atoms. The minimum absolute atomic E-state index is 0.0660. The molecule has 1 fully saturated rings. The molecule has 0 spiro atoms. The zero-order valence-electron chi connectivity index (χ0n) is 27.9. The largest absolute Gasteiger partial charge is 0.481 e. The number of rotatable bonds is 10. The summed E-state index contributed by atoms with van der Waals surface area (Å²) >= 11 is 1.47. The number of benzene rings is 2. The van der Waals surface area contributed by atoms with Crippen molar-refractivity contribution < 1.29 is 19.1 Å². The van der Waals surface area contributed by atoms with Crippen molar-refractivity contribution in [3.63, 3.8) is 0 Å². The molecule has 1 aliphatic carbocycles. The predicted molar refractivity (Wildman–Crippen MR) is 192 cm³/mol. The molecule has 1 amide bonds. The Kier molecular flexibility index (Phi) is 9.52. The number of nitrogens with two attached hydrogens (primary N) is 1. The van der Waals surface area contributed by atoms with E-state index in [-0.39, 0.29) is 17.1 Å². The average molecular weight is 678 g/mol. The van der Waals surface area contributed by atoms with Gasteiger partial charge >= 0.3 is 5.97 Å². The van der Waals surface area contributed by atoms with E-state index >= 15 is 4.39 Å². The van der Waals surface area contributed by atoms with Gasteiger partial charge in [-0.25, -0.2) is 14.4 Å². The first kappa shape index (κ1) is 33.8. The molecule has 4 aromatic rings. The molecule has 8 nitrogen and oxygen atoms in total. The molecule has 6 rings (SSSR count). The number of nitrogens with one attached hydrogen (secondary N) is 1. The van der Waals surface area contributed by atoms with Crippen molar-refractivity contribution in [2.24, 2.45) is 11.7 Å². The molecule has 2 aliphatic rings. The monoisotopic (exact) mass is 677 g/mol. The Hall–Kier alpha value is -5.09. The van der Waals surface area contributed by atoms with E-state index in [0.717, 1.165) is 45.7 Å². The lowest BCUT2D eigenvalue weighted by atomic mass is 9.95. The number of hydrogen-bond donors (Lipinski definition) is 3. The number of halogens is 1. The van der Waals surface area contributed by atoms with Gasteiger partial charge in [0.05, 0.1) is 16.8 Å². The van der Waals surface area contributed by atoms with Gasteiger partial charge in [-0.3, -0.25) is 9.59 Å². The minimum Gasteiger partial charge on any atom is -0.481 e. The second-order valence-corrected chi connectivity index (χ2v) is 14.8. The molecule has 0 bridgehead atoms. The molecule has 0 saturated carbocycles. The number of carboxylic acids is 1. The quantitative estimate of drug-likeness (QED) is 0.162. The summed E-state index contributed by atoms with van der Waals surface area (Å²) in [5, 5.41) is 12.5. The van der Waals surface area contributed by atoms with Gasteiger partial charge in [-0.1, -0.05) is 69.8 Å². The normalized spacial score (nSPS) is 15.6. The van der Waals surface area contributed by atoms with Crippen LogP contribution in [0.25, 0.3) is 28.1 Å². The summed E-state index contributed by atoms with van der Waals surface area (Å²) in [5.74, 6) is -1.32. The lowest BCUT2D eigenvalue weighted by molar-refractivity contribution is -0.146. The Labute approximate surface area is 289 Å². The summed E-state index contributed by atoms with van der Waals surface area (Å²) in [7, 11) is 0. The zero-order valence-corrected chi connectivity index (χ0v) is 28.7. The van der Waals surface area contributed by atoms with Gasteiger partial charge < -0.3 is 21.1 Å². The van der Waals surface area contributed by atoms with Crippen molar-refractivity contribution in [3.8, 4) is 22.5 Å². The molecule has 252 valence electrons. The van der Waals surface area contributed by atoms with E-state index in [4.69, 9.17) is 5.73 Å². The summed E-state index contributed by atoms with van der Waals surface area (Å²) in [5.41, 5.74) is 11.8. The zero-order chi connectivity index (χ0) is 34.9. The van der Waals surface area contributed by atoms with Crippen LogP contribution in [0.1, 0.15) is 59.3 Å². The number of carbonyl (C=O) groups excluding carboxylic acids is 1. The summed E-state index contributed by atoms with van der Waals surface area (Å²) in [4.78, 5) is 37.5. The van der Waals surface area contributed by atoms with Crippen LogP contribution in [0.4, 0.5) is 4.39 Å². The van der Waals surface area contributed by atoms with Gasteiger partial charge in [-0.15, -0.1) is 11.3 Å². The minimum atomic E-state index is -0.831. The first-order chi connectivity index (χ1) is 23.4. The summed E-state index contributed by atoms with van der Waals surface area (Å²) in [6.07, 6.45) is 9.31. The van der Waals surface area contributed by atoms with Gasteiger partial charge in [0.2, 0.25) is 0 Å². The van der Waals surface area contributed by atoms with E-state index in [0.29, 0.717) is 47.0 Å². The van der Waals surface area contributed by atoms with Gasteiger partial charge in [0.1, 0.15) is 5.82 Å². The van der Waals surface area contributed by atoms with Crippen LogP contribution in [0.5, 0.6) is 0 Å². The first-order valence-electron chi connectivity index (χ1n) is 16.3. The molecule has 2 aromatic heterocycles. The van der Waals surface area contributed by atoms with Crippen LogP contribution in [0, 0.1) is 11.7 Å². The number of amides is 1. The fourth-order valence-electron chi connectivity index (χ4n) is 5.93. The molecule has 3 heterocycles. The molecule has 2 aromatic carbocycles. The highest BCUT2D eigenvalue weighted by atomic mass is 32.1. The molecule has 10 heteroatoms. The number of carbonyl (C=O) groups is 2. The summed E-state index contributed by atoms with van der Waals surface area (Å²) in [6, 6.07) is 16.3. The fraction of sp³-hybridized carbons (Fsp3) is 0.282. The number of allylic oxidation sites excluding steroid dienone is 4. The molecule has 1 saturated heterocycles. The number of likely N-dealkylation sites (tertiary alicyclic amines) is 1. The Morgan fingerprint density at radius 3 is 2.37 bits per heavy atom. The maximum Gasteiger partial charge on any atom is 0.310 e. The van der Waals surface area contributed by atoms with Crippen LogP contribution in [-0.4, -0.2) is 51.0 Å². The van der Waals surface area contributed by atoms with Crippen LogP contribution >= 0.6 is 11.3 Å². The Bertz CT molecular complexity index is 1950. The van der Waals surface area contributed by atoms with Gasteiger partial charge in [-0.2, -0.15) is 0 Å². The van der Waals surface area contributed by atoms with Gasteiger partial charge in [0.25, 0.3) is 5.91 Å². The Balaban J connectivity index is 1.15. The van der Waals surface area contributed by atoms with E-state index in [1.54, 1.807) is 18.5 Å². The number of hydrogen-bond acceptors (Lipinski definition) is 7. The number of aromatic nitrogens is 2. The van der Waals surface area contributed by atoms with Crippen LogP contribution in [0.15, 0.2) is 97.1 Å². The van der Waals surface area contributed by atoms with Crippen LogP contribution in [0.2, 0.25) is 0 Å². The summed E-state index contributed by atoms with van der Waals surface area (Å²) in [6.45, 7) is 11.3. The van der Waals surface area contributed by atoms with E-state index in [1.165, 1.54) is 17.4 Å². The second kappa shape index (κ2) is 13.8. The number of aliphatic carboxylic acids is 1. The smallest absolute Gasteiger partial charge is 0.310 e. The maximum atomic E-state index is 15.2. The molecule has 0 unspecified atom stereocenters. The molecule has 1 atom stereocenters. The van der Waals surface area contributed by atoms with Crippen molar-refractivity contribution in [2.75, 3.05) is 13.1 Å². The Morgan fingerprint density at radius 1 is 1.06 bits per heavy atom. The fourth-order valence-corrected chi connectivity index (χ4v) is 6.90. The molecular formula is C39H40FN5O3S. The average Bonchev–Trinajstić information content (AvgIpc) is 3.56. The van der Waals surface area contributed by atoms with Crippen molar-refractivity contribution in [1.29, 1.82) is 0 Å². The molecule has 0 radical (unpaired) electrons. The molecular weight excluding hydrogens is 638 g/mol. The third-order valence-electron chi connectivity index (χ3n) is 8.97. The van der Waals surface area contributed by atoms with Crippen molar-refractivity contribution in [3.05, 3.63) is 124 Å². The first-order valence-corrected chi connectivity index (χ1v) is 17.1. The van der Waals surface area contributed by atoms with E-state index in [9.17, 15) is 14.7 Å². The topological polar surface area (TPSA) is 121 Å². The second-order valence-electron chi connectivity index (χ2n) is 13.7. The van der Waals surface area contributed by atoms with E-state index in [2.05, 4.69) is 48.7 Å². The lowest BCUT2D eigenvalue weighted by Crippen LogP contribution is -2.53. The van der Waals surface area contributed by atoms with E-state index in [1.807, 2.05) is 53.4 Å². The predicted octanol–water partition coefficient (Wildman–Crippen LogP) is 7.20. The number of carboxylic acid groups (broad SMARTS) is 1. The lowest BCUT2D eigenvalue weighted by Gasteiger charge is -2.42. The third kappa shape index (κ3) is 7.65. The van der Waals surface area contributed by atoms with Crippen molar-refractivity contribution in [1.82, 2.24) is 20.2 Å². The van der Waals surface area contributed by atoms with Gasteiger partial charge in [-0.05, 0) is 65.7 Å². The SMILES string of the molecule is C=C([C@H](Cc1ccc(-c2ncc(-c3ccc(C4=CCCC(N)=C4)cc3F)cn2)cc1)NC(=O)c1ccc(C(C)(C)C)s1)N1CC(C(=O)O)C1. The van der Waals surface area contributed by atoms with Crippen molar-refractivity contribution >= 4 is 28.8 Å². The number of thiophene rings is 1. The highest BCUT2D eigenvalue weighted by Gasteiger charge is 2.36. The van der Waals surface area contributed by atoms with E-state index < -0.39 is 17.9 Å². The standard InChI is InChI=1S/C39H40FN5O3S/c1-23(45-21-29(22-45)38(47)48)33(44-37(46)34-14-15-35(49-34)39(2,3)4)16-24-8-10-25(11-9-24)36-42-19-28(20-43-36)31-13-12-27(18-32(31)40)26-6-5-7-30(41)17-26/h6,8-15,17-20,29,33H,1,5,7,16,21-22,41H2,2-4H3,(H,44,46)(H,47,48)/t33-/m0/s1. The number of nitrogens with zero attached hydrogens (tertiary/aromatic N) is 3. The van der Waals surface area contributed by atoms with Gasteiger partial charge in [0.15, 0.2) is 5.82 Å². The Morgan fingerprint density at radius 2 is 1.76 bits per heavy atom. The summed E-state index contributed by atoms with van der Waals surface area (Å²) < 4.78 is 15.2. The third-order valence-corrected chi connectivity index (χ3v) is 10.5. The van der Waals surface area contributed by atoms with Gasteiger partial charge in [0, 0.05) is 58.4 Å². The van der Waals surface area contributed by atoms with Crippen LogP contribution in [0.3, 0.4) is 0 Å². The highest BCUT2D eigenvalue weighted by Crippen LogP contribution is 2.31.